The van der Waals surface area contributed by atoms with Gasteiger partial charge in [0.05, 0.1) is 17.7 Å². The fraction of sp³-hybridized carbons (Fsp3) is 0.353. The van der Waals surface area contributed by atoms with Gasteiger partial charge in [-0.3, -0.25) is 9.10 Å². The summed E-state index contributed by atoms with van der Waals surface area (Å²) in [5.41, 5.74) is 0.986. The van der Waals surface area contributed by atoms with Crippen molar-refractivity contribution in [3.63, 3.8) is 0 Å². The second-order valence-electron chi connectivity index (χ2n) is 5.95. The lowest BCUT2D eigenvalue weighted by atomic mass is 10.1. The van der Waals surface area contributed by atoms with Crippen LogP contribution >= 0.6 is 0 Å². The molecular formula is C17H20N2O4S. The van der Waals surface area contributed by atoms with Crippen LogP contribution in [0, 0.1) is 0 Å². The van der Waals surface area contributed by atoms with Crippen molar-refractivity contribution in [2.24, 2.45) is 0 Å². The molecule has 1 amide bonds. The van der Waals surface area contributed by atoms with Crippen LogP contribution in [0.1, 0.15) is 29.5 Å². The molecule has 1 N–H and O–H groups in total. The molecule has 1 aromatic heterocycles. The number of carbonyl (C=O) groups is 1. The van der Waals surface area contributed by atoms with Crippen molar-refractivity contribution in [2.45, 2.75) is 25.8 Å². The summed E-state index contributed by atoms with van der Waals surface area (Å²) in [4.78, 5) is 12.4. The van der Waals surface area contributed by atoms with E-state index in [1.165, 1.54) is 4.31 Å². The van der Waals surface area contributed by atoms with Crippen LogP contribution in [-0.2, 0) is 16.4 Å². The molecule has 0 spiro atoms. The molecule has 0 saturated carbocycles. The molecule has 1 saturated heterocycles. The van der Waals surface area contributed by atoms with Gasteiger partial charge in [-0.2, -0.15) is 0 Å². The molecule has 1 atom stereocenters. The van der Waals surface area contributed by atoms with Gasteiger partial charge in [-0.1, -0.05) is 6.07 Å². The van der Waals surface area contributed by atoms with E-state index in [1.54, 1.807) is 30.5 Å². The summed E-state index contributed by atoms with van der Waals surface area (Å²) in [5.74, 6) is 0.732. The minimum atomic E-state index is -3.25. The van der Waals surface area contributed by atoms with Gasteiger partial charge < -0.3 is 9.73 Å². The smallest absolute Gasteiger partial charge is 0.251 e. The SMILES string of the molecule is C[C@@H](Cc1ccco1)NC(=O)c1cccc(N2CCCS2(=O)=O)c1. The first-order valence-electron chi connectivity index (χ1n) is 7.89. The van der Waals surface area contributed by atoms with Crippen LogP contribution in [0.3, 0.4) is 0 Å². The van der Waals surface area contributed by atoms with E-state index in [2.05, 4.69) is 5.32 Å². The first-order valence-corrected chi connectivity index (χ1v) is 9.50. The second-order valence-corrected chi connectivity index (χ2v) is 7.96. The minimum Gasteiger partial charge on any atom is -0.469 e. The van der Waals surface area contributed by atoms with Gasteiger partial charge in [-0.05, 0) is 43.7 Å². The highest BCUT2D eigenvalue weighted by atomic mass is 32.2. The van der Waals surface area contributed by atoms with Crippen molar-refractivity contribution >= 4 is 21.6 Å². The number of sulfonamides is 1. The summed E-state index contributed by atoms with van der Waals surface area (Å²) >= 11 is 0. The Hall–Kier alpha value is -2.28. The maximum Gasteiger partial charge on any atom is 0.251 e. The molecule has 0 aliphatic carbocycles. The lowest BCUT2D eigenvalue weighted by Gasteiger charge is -2.18. The second kappa shape index (κ2) is 6.68. The Morgan fingerprint density at radius 1 is 1.33 bits per heavy atom. The zero-order valence-electron chi connectivity index (χ0n) is 13.4. The van der Waals surface area contributed by atoms with Gasteiger partial charge >= 0.3 is 0 Å². The molecule has 1 fully saturated rings. The normalized spacial score (nSPS) is 17.6. The van der Waals surface area contributed by atoms with Crippen molar-refractivity contribution < 1.29 is 17.6 Å². The topological polar surface area (TPSA) is 79.6 Å². The monoisotopic (exact) mass is 348 g/mol. The Kier molecular flexibility index (Phi) is 4.62. The van der Waals surface area contributed by atoms with Crippen LogP contribution in [0.4, 0.5) is 5.69 Å². The van der Waals surface area contributed by atoms with E-state index in [0.717, 1.165) is 5.76 Å². The third-order valence-corrected chi connectivity index (χ3v) is 5.83. The van der Waals surface area contributed by atoms with E-state index in [9.17, 15) is 13.2 Å². The van der Waals surface area contributed by atoms with Gasteiger partial charge in [-0.25, -0.2) is 8.42 Å². The third kappa shape index (κ3) is 3.62. The molecule has 6 nitrogen and oxygen atoms in total. The Morgan fingerprint density at radius 3 is 2.83 bits per heavy atom. The lowest BCUT2D eigenvalue weighted by Crippen LogP contribution is -2.34. The average Bonchev–Trinajstić information content (AvgIpc) is 3.16. The van der Waals surface area contributed by atoms with Crippen molar-refractivity contribution in [3.8, 4) is 0 Å². The third-order valence-electron chi connectivity index (χ3n) is 3.96. The molecule has 1 aliphatic rings. The van der Waals surface area contributed by atoms with Gasteiger partial charge in [0.15, 0.2) is 0 Å². The summed E-state index contributed by atoms with van der Waals surface area (Å²) in [6.07, 6.45) is 2.81. The van der Waals surface area contributed by atoms with Crippen molar-refractivity contribution in [3.05, 3.63) is 54.0 Å². The number of benzene rings is 1. The number of hydrogen-bond acceptors (Lipinski definition) is 4. The number of rotatable bonds is 5. The van der Waals surface area contributed by atoms with Crippen molar-refractivity contribution in [1.82, 2.24) is 5.32 Å². The highest BCUT2D eigenvalue weighted by Gasteiger charge is 2.28. The standard InChI is InChI=1S/C17H20N2O4S/c1-13(11-16-7-3-9-23-16)18-17(20)14-5-2-6-15(12-14)19-8-4-10-24(19,21)22/h2-3,5-7,9,12-13H,4,8,10-11H2,1H3,(H,18,20)/t13-/m0/s1. The predicted molar refractivity (Wildman–Crippen MR) is 91.5 cm³/mol. The Bertz CT molecular complexity index is 815. The van der Waals surface area contributed by atoms with Gasteiger partial charge in [0.1, 0.15) is 5.76 Å². The molecular weight excluding hydrogens is 328 g/mol. The molecule has 2 heterocycles. The maximum atomic E-state index is 12.4. The zero-order valence-corrected chi connectivity index (χ0v) is 14.3. The molecule has 0 radical (unpaired) electrons. The average molecular weight is 348 g/mol. The molecule has 2 aromatic rings. The summed E-state index contributed by atoms with van der Waals surface area (Å²) in [5, 5.41) is 2.91. The Labute approximate surface area is 141 Å². The first kappa shape index (κ1) is 16.6. The van der Waals surface area contributed by atoms with Crippen molar-refractivity contribution in [1.29, 1.82) is 0 Å². The summed E-state index contributed by atoms with van der Waals surface area (Å²) in [6, 6.07) is 10.3. The highest BCUT2D eigenvalue weighted by Crippen LogP contribution is 2.24. The van der Waals surface area contributed by atoms with E-state index in [4.69, 9.17) is 4.42 Å². The van der Waals surface area contributed by atoms with Crippen LogP contribution in [-0.4, -0.2) is 32.7 Å². The van der Waals surface area contributed by atoms with Gasteiger partial charge in [-0.15, -0.1) is 0 Å². The minimum absolute atomic E-state index is 0.0946. The van der Waals surface area contributed by atoms with Gasteiger partial charge in [0, 0.05) is 24.6 Å². The fourth-order valence-electron chi connectivity index (χ4n) is 2.82. The fourth-order valence-corrected chi connectivity index (χ4v) is 4.38. The molecule has 7 heteroatoms. The highest BCUT2D eigenvalue weighted by molar-refractivity contribution is 7.93. The Balaban J connectivity index is 1.70. The molecule has 128 valence electrons. The number of amides is 1. The predicted octanol–water partition coefficient (Wildman–Crippen LogP) is 2.18. The summed E-state index contributed by atoms with van der Waals surface area (Å²) in [7, 11) is -3.25. The number of anilines is 1. The van der Waals surface area contributed by atoms with E-state index in [0.29, 0.717) is 30.6 Å². The van der Waals surface area contributed by atoms with E-state index in [1.807, 2.05) is 19.1 Å². The van der Waals surface area contributed by atoms with Crippen LogP contribution < -0.4 is 9.62 Å². The van der Waals surface area contributed by atoms with Crippen LogP contribution in [0.15, 0.2) is 47.1 Å². The van der Waals surface area contributed by atoms with E-state index < -0.39 is 10.0 Å². The van der Waals surface area contributed by atoms with Crippen molar-refractivity contribution in [2.75, 3.05) is 16.6 Å². The summed E-state index contributed by atoms with van der Waals surface area (Å²) < 4.78 is 30.7. The summed E-state index contributed by atoms with van der Waals surface area (Å²) in [6.45, 7) is 2.36. The molecule has 0 bridgehead atoms. The largest absolute Gasteiger partial charge is 0.469 e. The first-order chi connectivity index (χ1) is 11.5. The number of nitrogens with zero attached hydrogens (tertiary/aromatic N) is 1. The number of carbonyl (C=O) groups excluding carboxylic acids is 1. The number of furan rings is 1. The number of hydrogen-bond donors (Lipinski definition) is 1. The van der Waals surface area contributed by atoms with Gasteiger partial charge in [0.2, 0.25) is 10.0 Å². The molecule has 24 heavy (non-hydrogen) atoms. The quantitative estimate of drug-likeness (QED) is 0.898. The lowest BCUT2D eigenvalue weighted by molar-refractivity contribution is 0.0939. The zero-order chi connectivity index (χ0) is 17.2. The molecule has 1 aromatic carbocycles. The molecule has 1 aliphatic heterocycles. The van der Waals surface area contributed by atoms with E-state index >= 15 is 0 Å². The van der Waals surface area contributed by atoms with Crippen LogP contribution in [0.5, 0.6) is 0 Å². The van der Waals surface area contributed by atoms with E-state index in [-0.39, 0.29) is 17.7 Å². The molecule has 3 rings (SSSR count). The molecule has 0 unspecified atom stereocenters. The van der Waals surface area contributed by atoms with Crippen LogP contribution in [0.2, 0.25) is 0 Å². The maximum absolute atomic E-state index is 12.4. The Morgan fingerprint density at radius 2 is 2.17 bits per heavy atom. The number of nitrogens with one attached hydrogen (secondary N) is 1. The van der Waals surface area contributed by atoms with Crippen LogP contribution in [0.25, 0.3) is 0 Å². The van der Waals surface area contributed by atoms with Gasteiger partial charge in [0.25, 0.3) is 5.91 Å².